The zero-order chi connectivity index (χ0) is 15.0. The van der Waals surface area contributed by atoms with Gasteiger partial charge in [0, 0.05) is 14.6 Å². The Morgan fingerprint density at radius 3 is 2.71 bits per heavy atom. The molecule has 0 saturated carbocycles. The summed E-state index contributed by atoms with van der Waals surface area (Å²) in [6.07, 6.45) is 2.28. The van der Waals surface area contributed by atoms with E-state index in [4.69, 9.17) is 25.5 Å². The summed E-state index contributed by atoms with van der Waals surface area (Å²) in [5.74, 6) is 0. The third-order valence-electron chi connectivity index (χ3n) is 3.28. The first-order chi connectivity index (χ1) is 10.1. The van der Waals surface area contributed by atoms with Gasteiger partial charge in [0.2, 0.25) is 0 Å². The van der Waals surface area contributed by atoms with E-state index >= 15 is 0 Å². The van der Waals surface area contributed by atoms with Crippen molar-refractivity contribution in [1.82, 2.24) is 0 Å². The van der Waals surface area contributed by atoms with Crippen molar-refractivity contribution in [3.05, 3.63) is 63.6 Å². The van der Waals surface area contributed by atoms with E-state index in [-0.39, 0.29) is 0 Å². The van der Waals surface area contributed by atoms with Crippen molar-refractivity contribution in [2.24, 2.45) is 0 Å². The van der Waals surface area contributed by atoms with Gasteiger partial charge in [-0.05, 0) is 23.8 Å². The van der Waals surface area contributed by atoms with E-state index in [0.717, 1.165) is 4.47 Å². The van der Waals surface area contributed by atoms with Crippen LogP contribution in [-0.2, 0) is 18.2 Å². The Morgan fingerprint density at radius 1 is 1.19 bits per heavy atom. The Hall–Kier alpha value is 0.763. The topological polar surface area (TPSA) is 0 Å². The van der Waals surface area contributed by atoms with Crippen LogP contribution in [0.3, 0.4) is 0 Å². The third kappa shape index (κ3) is 3.65. The normalized spacial score (nSPS) is 17.1. The summed E-state index contributed by atoms with van der Waals surface area (Å²) in [5.41, 5.74) is 5.47. The van der Waals surface area contributed by atoms with Crippen LogP contribution >= 0.6 is 53.2 Å². The molecule has 0 N–H and O–H groups in total. The van der Waals surface area contributed by atoms with Crippen molar-refractivity contribution in [1.29, 1.82) is 0 Å². The number of halogens is 4. The first-order valence-electron chi connectivity index (χ1n) is 6.08. The van der Waals surface area contributed by atoms with Crippen LogP contribution in [0.1, 0.15) is 21.9 Å². The maximum atomic E-state index is 5.00. The molecule has 21 heavy (non-hydrogen) atoms. The first-order valence-corrected chi connectivity index (χ1v) is 17.3. The van der Waals surface area contributed by atoms with Crippen LogP contribution in [0.15, 0.2) is 45.8 Å². The van der Waals surface area contributed by atoms with Gasteiger partial charge >= 0.3 is 43.7 Å². The van der Waals surface area contributed by atoms with Crippen LogP contribution in [-0.4, -0.2) is 0 Å². The zero-order valence-electron chi connectivity index (χ0n) is 10.5. The summed E-state index contributed by atoms with van der Waals surface area (Å²) >= 11 is 3.38. The van der Waals surface area contributed by atoms with Crippen molar-refractivity contribution in [2.45, 2.75) is 10.1 Å². The molecule has 107 valence electrons. The van der Waals surface area contributed by atoms with E-state index in [1.165, 1.54) is 27.2 Å². The molecule has 0 nitrogen and oxygen atoms in total. The molecule has 1 aliphatic heterocycles. The van der Waals surface area contributed by atoms with Crippen molar-refractivity contribution in [2.75, 3.05) is 0 Å². The van der Waals surface area contributed by atoms with Crippen molar-refractivity contribution >= 4 is 64.9 Å². The van der Waals surface area contributed by atoms with E-state index in [1.807, 2.05) is 17.8 Å². The molecule has 0 fully saturated rings. The molecule has 0 aromatic heterocycles. The number of hydrogen-bond acceptors (Lipinski definition) is 1. The molecule has 1 atom stereocenters. The standard InChI is InChI=1S/C15H8BrS.3ClH.Zr/c16-10-5-6-14-12(8-10)13-7-9-3-1-2-4-11(9)15(13)17-14;;;;/h1-2,4-8,15H;3*1H;/q-1;;;;+3/p-3. The van der Waals surface area contributed by atoms with Crippen LogP contribution in [0.5, 0.6) is 0 Å². The van der Waals surface area contributed by atoms with Gasteiger partial charge in [-0.3, -0.25) is 0 Å². The van der Waals surface area contributed by atoms with Gasteiger partial charge in [-0.25, -0.2) is 0 Å². The second-order valence-electron chi connectivity index (χ2n) is 4.49. The summed E-state index contributed by atoms with van der Waals surface area (Å²) in [5, 5.41) is 0.478. The van der Waals surface area contributed by atoms with Gasteiger partial charge in [0.25, 0.3) is 0 Å². The SMILES string of the molecule is Brc1ccc2c(c1)C1=Cc3[c-]cccc3C1S2.[Cl][Zr]([Cl])[Cl]. The summed E-state index contributed by atoms with van der Waals surface area (Å²) in [7, 11) is 15.0. The first kappa shape index (κ1) is 16.6. The van der Waals surface area contributed by atoms with Crippen LogP contribution in [0.2, 0.25) is 0 Å². The minimum atomic E-state index is -2.13. The van der Waals surface area contributed by atoms with Gasteiger partial charge in [0.15, 0.2) is 0 Å². The summed E-state index contributed by atoms with van der Waals surface area (Å²) in [6, 6.07) is 16.1. The molecular weight excluding hydrogens is 490 g/mol. The Labute approximate surface area is 155 Å². The predicted molar refractivity (Wildman–Crippen MR) is 93.4 cm³/mol. The Kier molecular flexibility index (Phi) is 5.63. The fourth-order valence-electron chi connectivity index (χ4n) is 2.52. The van der Waals surface area contributed by atoms with Crippen LogP contribution in [0.25, 0.3) is 11.6 Å². The molecule has 0 saturated heterocycles. The van der Waals surface area contributed by atoms with E-state index in [1.54, 1.807) is 0 Å². The number of benzene rings is 2. The Morgan fingerprint density at radius 2 is 1.95 bits per heavy atom. The van der Waals surface area contributed by atoms with Gasteiger partial charge in [0.1, 0.15) is 0 Å². The Bertz CT molecular complexity index is 715. The second-order valence-corrected chi connectivity index (χ2v) is 17.7. The van der Waals surface area contributed by atoms with Gasteiger partial charge < -0.3 is 0 Å². The predicted octanol–water partition coefficient (Wildman–Crippen LogP) is 7.02. The van der Waals surface area contributed by atoms with Gasteiger partial charge in [-0.2, -0.15) is 0 Å². The molecule has 2 aromatic rings. The Balaban J connectivity index is 0.000000298. The molecule has 4 rings (SSSR count). The molecule has 0 radical (unpaired) electrons. The molecule has 1 unspecified atom stereocenters. The molecule has 1 aliphatic carbocycles. The molecular formula is C15H8BrCl3SZr-. The average molecular weight is 498 g/mol. The zero-order valence-corrected chi connectivity index (χ0v) is 17.7. The molecule has 1 heterocycles. The monoisotopic (exact) mass is 494 g/mol. The van der Waals surface area contributed by atoms with Gasteiger partial charge in [-0.1, -0.05) is 21.5 Å². The summed E-state index contributed by atoms with van der Waals surface area (Å²) in [4.78, 5) is 1.39. The molecule has 0 bridgehead atoms. The van der Waals surface area contributed by atoms with Gasteiger partial charge in [0.05, 0.1) is 0 Å². The van der Waals surface area contributed by atoms with Crippen molar-refractivity contribution < 1.29 is 18.2 Å². The molecule has 2 aliphatic rings. The van der Waals surface area contributed by atoms with E-state index in [2.05, 4.69) is 58.4 Å². The second kappa shape index (κ2) is 7.11. The number of rotatable bonds is 0. The molecule has 6 heteroatoms. The minimum absolute atomic E-state index is 0.478. The fraction of sp³-hybridized carbons (Fsp3) is 0.0667. The molecule has 2 aromatic carbocycles. The molecule has 0 amide bonds. The van der Waals surface area contributed by atoms with Crippen LogP contribution in [0, 0.1) is 6.07 Å². The van der Waals surface area contributed by atoms with Gasteiger partial charge in [-0.15, -0.1) is 53.2 Å². The number of hydrogen-bond donors (Lipinski definition) is 0. The number of thioether (sulfide) groups is 1. The fourth-order valence-corrected chi connectivity index (χ4v) is 4.24. The average Bonchev–Trinajstić information content (AvgIpc) is 2.94. The maximum absolute atomic E-state index is 5.00. The van der Waals surface area contributed by atoms with Crippen LogP contribution in [0.4, 0.5) is 0 Å². The number of fused-ring (bicyclic) bond motifs is 5. The quantitative estimate of drug-likeness (QED) is 0.353. The van der Waals surface area contributed by atoms with E-state index in [0.29, 0.717) is 5.25 Å². The summed E-state index contributed by atoms with van der Waals surface area (Å²) in [6.45, 7) is 0. The summed E-state index contributed by atoms with van der Waals surface area (Å²) < 4.78 is 1.15. The van der Waals surface area contributed by atoms with E-state index < -0.39 is 18.2 Å². The van der Waals surface area contributed by atoms with Crippen molar-refractivity contribution in [3.63, 3.8) is 0 Å². The van der Waals surface area contributed by atoms with Crippen LogP contribution < -0.4 is 0 Å². The third-order valence-corrected chi connectivity index (χ3v) is 5.13. The molecule has 0 spiro atoms. The van der Waals surface area contributed by atoms with Crippen molar-refractivity contribution in [3.8, 4) is 0 Å². The van der Waals surface area contributed by atoms with E-state index in [9.17, 15) is 0 Å².